The Kier molecular flexibility index (Phi) is 1.70. The largest absolute Gasteiger partial charge is 0.200 e. The zero-order valence-electron chi connectivity index (χ0n) is 3.20. The second kappa shape index (κ2) is 1.68. The number of nitrogens with zero attached hydrogens (tertiary/aromatic N) is 1. The maximum Gasteiger partial charge on any atom is 0.200 e. The summed E-state index contributed by atoms with van der Waals surface area (Å²) in [7, 11) is 0. The minimum absolute atomic E-state index is 1.21. The number of rotatable bonds is 0. The molecular formula is C3H3Cl2N. The smallest absolute Gasteiger partial charge is 0.195 e. The van der Waals surface area contributed by atoms with Gasteiger partial charge in [-0.1, -0.05) is 23.2 Å². The van der Waals surface area contributed by atoms with Gasteiger partial charge in [-0.3, -0.25) is 0 Å². The molecule has 0 aliphatic heterocycles. The lowest BCUT2D eigenvalue weighted by molar-refractivity contribution is 1.13. The molecule has 0 aromatic heterocycles. The molecule has 3 heteroatoms. The third-order valence-electron chi connectivity index (χ3n) is 0.196. The first kappa shape index (κ1) is 6.07. The fourth-order valence-electron chi connectivity index (χ4n) is 0. The molecule has 0 aromatic carbocycles. The molecule has 0 aliphatic carbocycles. The van der Waals surface area contributed by atoms with Gasteiger partial charge in [0.05, 0.1) is 0 Å². The van der Waals surface area contributed by atoms with E-state index in [4.69, 9.17) is 28.5 Å². The molecule has 0 unspecified atom stereocenters. The molecule has 0 spiro atoms. The van der Waals surface area contributed by atoms with Gasteiger partial charge in [0.1, 0.15) is 6.07 Å². The molecule has 0 bridgehead atoms. The predicted molar refractivity (Wildman–Crippen MR) is 25.7 cm³/mol. The van der Waals surface area contributed by atoms with Crippen molar-refractivity contribution in [2.75, 3.05) is 0 Å². The van der Waals surface area contributed by atoms with Crippen molar-refractivity contribution in [3.63, 3.8) is 0 Å². The molecule has 0 fully saturated rings. The van der Waals surface area contributed by atoms with E-state index in [0.717, 1.165) is 0 Å². The zero-order chi connectivity index (χ0) is 5.21. The molecule has 0 aliphatic rings. The Labute approximate surface area is 46.5 Å². The first-order valence-corrected chi connectivity index (χ1v) is 2.11. The summed E-state index contributed by atoms with van der Waals surface area (Å²) in [6, 6.07) is 1.64. The molecule has 0 saturated heterocycles. The maximum atomic E-state index is 7.89. The van der Waals surface area contributed by atoms with Crippen LogP contribution >= 0.6 is 23.2 Å². The molecule has 0 saturated carbocycles. The lowest BCUT2D eigenvalue weighted by atomic mass is 10.5. The summed E-state index contributed by atoms with van der Waals surface area (Å²) >= 11 is 10.2. The van der Waals surface area contributed by atoms with Crippen LogP contribution in [0.2, 0.25) is 0 Å². The van der Waals surface area contributed by atoms with Crippen molar-refractivity contribution in [2.24, 2.45) is 0 Å². The molecule has 34 valence electrons. The van der Waals surface area contributed by atoms with Gasteiger partial charge >= 0.3 is 0 Å². The standard InChI is InChI=1S/C3H3Cl2N/c1-3(4,5)2-6/h1H3. The van der Waals surface area contributed by atoms with Gasteiger partial charge in [-0.2, -0.15) is 5.26 Å². The topological polar surface area (TPSA) is 23.8 Å². The van der Waals surface area contributed by atoms with Crippen LogP contribution in [0.1, 0.15) is 6.92 Å². The number of hydrogen-bond donors (Lipinski definition) is 0. The summed E-state index contributed by atoms with van der Waals surface area (Å²) < 4.78 is -1.21. The Hall–Kier alpha value is 0.0700. The van der Waals surface area contributed by atoms with Gasteiger partial charge in [0.15, 0.2) is 0 Å². The highest BCUT2D eigenvalue weighted by atomic mass is 35.5. The molecule has 0 radical (unpaired) electrons. The van der Waals surface area contributed by atoms with Gasteiger partial charge in [0.25, 0.3) is 0 Å². The molecule has 6 heavy (non-hydrogen) atoms. The van der Waals surface area contributed by atoms with Crippen LogP contribution in [0.15, 0.2) is 0 Å². The van der Waals surface area contributed by atoms with Gasteiger partial charge in [0.2, 0.25) is 4.33 Å². The predicted octanol–water partition coefficient (Wildman–Crippen LogP) is 1.70. The summed E-state index contributed by atoms with van der Waals surface area (Å²) in [5.41, 5.74) is 0. The number of hydrogen-bond acceptors (Lipinski definition) is 1. The van der Waals surface area contributed by atoms with E-state index < -0.39 is 4.33 Å². The number of nitriles is 1. The average Bonchev–Trinajstić information content (AvgIpc) is 1.35. The maximum absolute atomic E-state index is 7.89. The van der Waals surface area contributed by atoms with Crippen LogP contribution in [-0.2, 0) is 0 Å². The molecule has 0 amide bonds. The fourth-order valence-corrected chi connectivity index (χ4v) is 0. The second-order valence-corrected chi connectivity index (χ2v) is 2.71. The minimum atomic E-state index is -1.21. The zero-order valence-corrected chi connectivity index (χ0v) is 4.72. The molecule has 0 atom stereocenters. The molecule has 0 rings (SSSR count). The summed E-state index contributed by atoms with van der Waals surface area (Å²) in [5.74, 6) is 0. The summed E-state index contributed by atoms with van der Waals surface area (Å²) in [5, 5.41) is 7.89. The lowest BCUT2D eigenvalue weighted by Crippen LogP contribution is -1.98. The lowest BCUT2D eigenvalue weighted by Gasteiger charge is -1.94. The van der Waals surface area contributed by atoms with Crippen molar-refractivity contribution in [1.82, 2.24) is 0 Å². The van der Waals surface area contributed by atoms with Crippen molar-refractivity contribution < 1.29 is 0 Å². The van der Waals surface area contributed by atoms with Crippen LogP contribution in [0, 0.1) is 11.3 Å². The van der Waals surface area contributed by atoms with Crippen LogP contribution in [0.4, 0.5) is 0 Å². The third kappa shape index (κ3) is 4.07. The van der Waals surface area contributed by atoms with Crippen LogP contribution in [0.3, 0.4) is 0 Å². The second-order valence-electron chi connectivity index (χ2n) is 1.00. The van der Waals surface area contributed by atoms with Gasteiger partial charge in [-0.25, -0.2) is 0 Å². The van der Waals surface area contributed by atoms with E-state index in [1.807, 2.05) is 0 Å². The van der Waals surface area contributed by atoms with E-state index in [1.165, 1.54) is 6.92 Å². The third-order valence-corrected chi connectivity index (χ3v) is 0.365. The quantitative estimate of drug-likeness (QED) is 0.451. The highest BCUT2D eigenvalue weighted by Crippen LogP contribution is 2.16. The summed E-state index contributed by atoms with van der Waals surface area (Å²) in [6.45, 7) is 1.41. The first-order chi connectivity index (χ1) is 2.56. The fraction of sp³-hybridized carbons (Fsp3) is 0.667. The van der Waals surface area contributed by atoms with E-state index in [2.05, 4.69) is 0 Å². The van der Waals surface area contributed by atoms with Gasteiger partial charge < -0.3 is 0 Å². The van der Waals surface area contributed by atoms with Gasteiger partial charge in [0, 0.05) is 0 Å². The summed E-state index contributed by atoms with van der Waals surface area (Å²) in [4.78, 5) is 0. The molecule has 1 nitrogen and oxygen atoms in total. The van der Waals surface area contributed by atoms with E-state index in [9.17, 15) is 0 Å². The van der Waals surface area contributed by atoms with Gasteiger partial charge in [-0.15, -0.1) is 0 Å². The van der Waals surface area contributed by atoms with Crippen LogP contribution in [-0.4, -0.2) is 4.33 Å². The van der Waals surface area contributed by atoms with Crippen molar-refractivity contribution in [3.8, 4) is 6.07 Å². The van der Waals surface area contributed by atoms with E-state index in [0.29, 0.717) is 0 Å². The van der Waals surface area contributed by atoms with Crippen LogP contribution in [0.25, 0.3) is 0 Å². The SMILES string of the molecule is CC(Cl)(Cl)C#N. The Bertz CT molecular complexity index is 75.8. The van der Waals surface area contributed by atoms with Crippen molar-refractivity contribution in [2.45, 2.75) is 11.3 Å². The Morgan fingerprint density at radius 2 is 1.83 bits per heavy atom. The van der Waals surface area contributed by atoms with Crippen molar-refractivity contribution >= 4 is 23.2 Å². The number of halogens is 2. The Morgan fingerprint density at radius 1 is 1.67 bits per heavy atom. The highest BCUT2D eigenvalue weighted by Gasteiger charge is 2.12. The molecular weight excluding hydrogens is 121 g/mol. The van der Waals surface area contributed by atoms with Crippen LogP contribution < -0.4 is 0 Å². The number of alkyl halides is 2. The minimum Gasteiger partial charge on any atom is -0.195 e. The highest BCUT2D eigenvalue weighted by molar-refractivity contribution is 6.50. The Morgan fingerprint density at radius 3 is 1.83 bits per heavy atom. The summed E-state index contributed by atoms with van der Waals surface area (Å²) in [6.07, 6.45) is 0. The van der Waals surface area contributed by atoms with E-state index in [1.54, 1.807) is 6.07 Å². The van der Waals surface area contributed by atoms with E-state index in [-0.39, 0.29) is 0 Å². The molecule has 0 heterocycles. The van der Waals surface area contributed by atoms with Crippen LogP contribution in [0.5, 0.6) is 0 Å². The Balaban J connectivity index is 3.55. The van der Waals surface area contributed by atoms with Crippen molar-refractivity contribution in [1.29, 1.82) is 5.26 Å². The van der Waals surface area contributed by atoms with Crippen molar-refractivity contribution in [3.05, 3.63) is 0 Å². The normalized spacial score (nSPS) is 10.3. The first-order valence-electron chi connectivity index (χ1n) is 1.35. The monoisotopic (exact) mass is 123 g/mol. The average molecular weight is 124 g/mol. The van der Waals surface area contributed by atoms with E-state index >= 15 is 0 Å². The van der Waals surface area contributed by atoms with Gasteiger partial charge in [-0.05, 0) is 6.92 Å². The molecule has 0 N–H and O–H groups in total. The molecule has 0 aromatic rings.